The molecule has 0 radical (unpaired) electrons. The molecule has 9 heteroatoms. The molecule has 1 spiro atoms. The lowest BCUT2D eigenvalue weighted by Gasteiger charge is -2.33. The fourth-order valence-corrected chi connectivity index (χ4v) is 4.18. The molecule has 3 amide bonds. The summed E-state index contributed by atoms with van der Waals surface area (Å²) in [6.45, 7) is 3.24. The highest BCUT2D eigenvalue weighted by Gasteiger charge is 2.52. The smallest absolute Gasteiger partial charge is 0.326 e. The van der Waals surface area contributed by atoms with E-state index < -0.39 is 24.1 Å². The van der Waals surface area contributed by atoms with Gasteiger partial charge in [0, 0.05) is 11.8 Å². The van der Waals surface area contributed by atoms with Crippen LogP contribution in [-0.4, -0.2) is 44.3 Å². The molecule has 1 saturated heterocycles. The van der Waals surface area contributed by atoms with Crippen molar-refractivity contribution in [1.29, 1.82) is 0 Å². The molecular formula is C21H24N4O5. The number of esters is 1. The van der Waals surface area contributed by atoms with Crippen LogP contribution in [0.1, 0.15) is 44.0 Å². The average Bonchev–Trinajstić information content (AvgIpc) is 2.93. The Morgan fingerprint density at radius 2 is 2.00 bits per heavy atom. The number of ether oxygens (including phenoxy) is 1. The summed E-state index contributed by atoms with van der Waals surface area (Å²) in [5.41, 5.74) is 0.339. The lowest BCUT2D eigenvalue weighted by atomic mass is 9.77. The molecule has 1 aliphatic heterocycles. The minimum atomic E-state index is -0.893. The number of aromatic nitrogens is 2. The number of pyridine rings is 1. The predicted molar refractivity (Wildman–Crippen MR) is 107 cm³/mol. The van der Waals surface area contributed by atoms with Gasteiger partial charge in [-0.3, -0.25) is 23.7 Å². The highest BCUT2D eigenvalue weighted by atomic mass is 16.5. The second-order valence-electron chi connectivity index (χ2n) is 8.19. The van der Waals surface area contributed by atoms with Crippen molar-refractivity contribution >= 4 is 23.6 Å². The summed E-state index contributed by atoms with van der Waals surface area (Å²) in [5, 5.41) is 2.77. The van der Waals surface area contributed by atoms with Crippen LogP contribution in [0.25, 0.3) is 5.65 Å². The molecule has 2 aromatic heterocycles. The molecule has 0 aromatic carbocycles. The number of imide groups is 1. The van der Waals surface area contributed by atoms with Gasteiger partial charge in [0.25, 0.3) is 11.5 Å². The molecule has 1 saturated carbocycles. The van der Waals surface area contributed by atoms with Gasteiger partial charge >= 0.3 is 12.0 Å². The van der Waals surface area contributed by atoms with Gasteiger partial charge in [-0.25, -0.2) is 9.78 Å². The molecule has 1 N–H and O–H groups in total. The highest BCUT2D eigenvalue weighted by Crippen LogP contribution is 2.36. The van der Waals surface area contributed by atoms with Gasteiger partial charge in [-0.1, -0.05) is 13.0 Å². The normalized spacial score (nSPS) is 23.8. The van der Waals surface area contributed by atoms with Crippen LogP contribution < -0.4 is 10.9 Å². The van der Waals surface area contributed by atoms with Crippen LogP contribution in [-0.2, 0) is 20.9 Å². The van der Waals surface area contributed by atoms with Crippen LogP contribution in [0.5, 0.6) is 0 Å². The third-order valence-electron chi connectivity index (χ3n) is 5.98. The number of hydrogen-bond donors (Lipinski definition) is 1. The van der Waals surface area contributed by atoms with Crippen LogP contribution in [0, 0.1) is 12.8 Å². The number of rotatable bonds is 4. The van der Waals surface area contributed by atoms with Gasteiger partial charge < -0.3 is 10.1 Å². The van der Waals surface area contributed by atoms with E-state index in [0.29, 0.717) is 30.1 Å². The monoisotopic (exact) mass is 412 g/mol. The van der Waals surface area contributed by atoms with Gasteiger partial charge in [-0.15, -0.1) is 0 Å². The van der Waals surface area contributed by atoms with Gasteiger partial charge in [0.2, 0.25) is 0 Å². The third-order valence-corrected chi connectivity index (χ3v) is 5.98. The van der Waals surface area contributed by atoms with Gasteiger partial charge in [-0.05, 0) is 50.7 Å². The van der Waals surface area contributed by atoms with Crippen LogP contribution in [0.3, 0.4) is 0 Å². The quantitative estimate of drug-likeness (QED) is 0.603. The summed E-state index contributed by atoms with van der Waals surface area (Å²) in [6, 6.07) is 6.01. The molecule has 0 bridgehead atoms. The Balaban J connectivity index is 1.41. The van der Waals surface area contributed by atoms with Crippen molar-refractivity contribution in [1.82, 2.24) is 19.6 Å². The number of urea groups is 1. The van der Waals surface area contributed by atoms with Crippen molar-refractivity contribution in [3.05, 3.63) is 46.0 Å². The fraction of sp³-hybridized carbons (Fsp3) is 0.476. The number of hydrogen-bond acceptors (Lipinski definition) is 6. The van der Waals surface area contributed by atoms with Crippen molar-refractivity contribution in [2.24, 2.45) is 5.92 Å². The van der Waals surface area contributed by atoms with Crippen LogP contribution in [0.4, 0.5) is 4.79 Å². The summed E-state index contributed by atoms with van der Waals surface area (Å²) in [4.78, 5) is 54.9. The number of carbonyl (C=O) groups is 3. The predicted octanol–water partition coefficient (Wildman–Crippen LogP) is 1.55. The second kappa shape index (κ2) is 7.55. The van der Waals surface area contributed by atoms with Gasteiger partial charge in [0.05, 0.1) is 5.69 Å². The van der Waals surface area contributed by atoms with Crippen molar-refractivity contribution in [3.8, 4) is 0 Å². The molecule has 158 valence electrons. The number of carbonyl (C=O) groups excluding carboxylic acids is 3. The molecule has 9 nitrogen and oxygen atoms in total. The van der Waals surface area contributed by atoms with Gasteiger partial charge in [-0.2, -0.15) is 0 Å². The Labute approximate surface area is 173 Å². The number of aryl methyl sites for hydroxylation is 1. The Morgan fingerprint density at radius 1 is 1.27 bits per heavy atom. The van der Waals surface area contributed by atoms with E-state index in [0.717, 1.165) is 23.4 Å². The summed E-state index contributed by atoms with van der Waals surface area (Å²) in [7, 11) is 0. The number of amides is 3. The fourth-order valence-electron chi connectivity index (χ4n) is 4.18. The first-order valence-corrected chi connectivity index (χ1v) is 10.1. The maximum Gasteiger partial charge on any atom is 0.326 e. The zero-order valence-electron chi connectivity index (χ0n) is 17.0. The van der Waals surface area contributed by atoms with E-state index in [2.05, 4.69) is 17.2 Å². The van der Waals surface area contributed by atoms with E-state index in [-0.39, 0.29) is 18.1 Å². The van der Waals surface area contributed by atoms with Crippen molar-refractivity contribution in [3.63, 3.8) is 0 Å². The largest absolute Gasteiger partial charge is 0.458 e. The Bertz CT molecular complexity index is 1080. The molecule has 1 aliphatic carbocycles. The minimum Gasteiger partial charge on any atom is -0.458 e. The maximum absolute atomic E-state index is 12.8. The Kier molecular flexibility index (Phi) is 5.05. The van der Waals surface area contributed by atoms with Crippen molar-refractivity contribution < 1.29 is 19.1 Å². The van der Waals surface area contributed by atoms with E-state index in [1.165, 1.54) is 10.5 Å². The molecule has 3 heterocycles. The van der Waals surface area contributed by atoms with Crippen LogP contribution in [0.15, 0.2) is 29.1 Å². The topological polar surface area (TPSA) is 110 Å². The summed E-state index contributed by atoms with van der Waals surface area (Å²) in [6.07, 6.45) is 2.86. The van der Waals surface area contributed by atoms with Crippen LogP contribution >= 0.6 is 0 Å². The third kappa shape index (κ3) is 3.55. The first kappa shape index (κ1) is 20.1. The SMILES string of the molecule is Cc1cccc2nc(COC(=O)CN3C(=O)NC4(CCC(C)CC4)C3=O)cc(=O)n12. The van der Waals surface area contributed by atoms with E-state index in [1.807, 2.05) is 0 Å². The standard InChI is InChI=1S/C21H24N4O5/c1-13-6-8-21(9-7-13)19(28)24(20(29)23-21)11-18(27)30-12-15-10-17(26)25-14(2)4-3-5-16(25)22-15/h3-5,10,13H,6-9,11-12H2,1-2H3,(H,23,29). The Morgan fingerprint density at radius 3 is 2.73 bits per heavy atom. The molecule has 0 atom stereocenters. The molecule has 30 heavy (non-hydrogen) atoms. The van der Waals surface area contributed by atoms with E-state index >= 15 is 0 Å². The van der Waals surface area contributed by atoms with E-state index in [1.54, 1.807) is 25.1 Å². The van der Waals surface area contributed by atoms with Gasteiger partial charge in [0.15, 0.2) is 0 Å². The second-order valence-corrected chi connectivity index (χ2v) is 8.19. The molecule has 2 aliphatic rings. The first-order valence-electron chi connectivity index (χ1n) is 10.1. The van der Waals surface area contributed by atoms with Crippen molar-refractivity contribution in [2.75, 3.05) is 6.54 Å². The van der Waals surface area contributed by atoms with Gasteiger partial charge in [0.1, 0.15) is 24.3 Å². The maximum atomic E-state index is 12.8. The lowest BCUT2D eigenvalue weighted by Crippen LogP contribution is -2.49. The summed E-state index contributed by atoms with van der Waals surface area (Å²) >= 11 is 0. The average molecular weight is 412 g/mol. The Hall–Kier alpha value is -3.23. The number of fused-ring (bicyclic) bond motifs is 1. The summed E-state index contributed by atoms with van der Waals surface area (Å²) in [5.74, 6) is -0.582. The number of nitrogens with zero attached hydrogens (tertiary/aromatic N) is 3. The zero-order chi connectivity index (χ0) is 21.5. The lowest BCUT2D eigenvalue weighted by molar-refractivity contribution is -0.149. The first-order chi connectivity index (χ1) is 14.3. The minimum absolute atomic E-state index is 0.217. The molecule has 4 rings (SSSR count). The molecule has 0 unspecified atom stereocenters. The molecular weight excluding hydrogens is 388 g/mol. The van der Waals surface area contributed by atoms with Crippen molar-refractivity contribution in [2.45, 2.75) is 51.7 Å². The van der Waals surface area contributed by atoms with E-state index in [4.69, 9.17) is 4.74 Å². The zero-order valence-corrected chi connectivity index (χ0v) is 17.0. The highest BCUT2D eigenvalue weighted by molar-refractivity contribution is 6.08. The number of nitrogens with one attached hydrogen (secondary N) is 1. The van der Waals surface area contributed by atoms with E-state index in [9.17, 15) is 19.2 Å². The van der Waals surface area contributed by atoms with Crippen LogP contribution in [0.2, 0.25) is 0 Å². The molecule has 2 aromatic rings. The summed E-state index contributed by atoms with van der Waals surface area (Å²) < 4.78 is 6.65. The molecule has 2 fully saturated rings.